The van der Waals surface area contributed by atoms with Gasteiger partial charge in [-0.3, -0.25) is 0 Å². The highest BCUT2D eigenvalue weighted by Crippen LogP contribution is 2.25. The summed E-state index contributed by atoms with van der Waals surface area (Å²) in [5.74, 6) is 1.95. The van der Waals surface area contributed by atoms with Crippen molar-refractivity contribution in [3.8, 4) is 0 Å². The van der Waals surface area contributed by atoms with Gasteiger partial charge in [-0.2, -0.15) is 0 Å². The van der Waals surface area contributed by atoms with Crippen LogP contribution in [0.5, 0.6) is 0 Å². The minimum atomic E-state index is 0.363. The first-order valence-corrected chi connectivity index (χ1v) is 7.20. The molecule has 1 aliphatic heterocycles. The van der Waals surface area contributed by atoms with E-state index < -0.39 is 0 Å². The number of fused-ring (bicyclic) bond motifs is 1. The summed E-state index contributed by atoms with van der Waals surface area (Å²) in [5, 5.41) is 3.43. The van der Waals surface area contributed by atoms with Gasteiger partial charge < -0.3 is 14.6 Å². The lowest BCUT2D eigenvalue weighted by Gasteiger charge is -2.23. The van der Waals surface area contributed by atoms with Crippen molar-refractivity contribution >= 4 is 0 Å². The average molecular weight is 249 g/mol. The van der Waals surface area contributed by atoms with Crippen molar-refractivity contribution in [3.05, 3.63) is 17.7 Å². The molecule has 4 nitrogen and oxygen atoms in total. The van der Waals surface area contributed by atoms with Crippen molar-refractivity contribution in [2.75, 3.05) is 13.2 Å². The Balaban J connectivity index is 1.56. The summed E-state index contributed by atoms with van der Waals surface area (Å²) >= 11 is 0. The molecule has 1 N–H and O–H groups in total. The monoisotopic (exact) mass is 249 g/mol. The van der Waals surface area contributed by atoms with Crippen LogP contribution in [-0.2, 0) is 17.9 Å². The molecule has 0 radical (unpaired) electrons. The van der Waals surface area contributed by atoms with E-state index >= 15 is 0 Å². The second-order valence-electron chi connectivity index (χ2n) is 5.60. The van der Waals surface area contributed by atoms with Crippen LogP contribution in [0.15, 0.2) is 6.20 Å². The normalized spacial score (nSPS) is 24.4. The van der Waals surface area contributed by atoms with Gasteiger partial charge in [-0.25, -0.2) is 4.98 Å². The second kappa shape index (κ2) is 5.41. The fourth-order valence-corrected chi connectivity index (χ4v) is 3.14. The molecule has 18 heavy (non-hydrogen) atoms. The van der Waals surface area contributed by atoms with E-state index in [0.29, 0.717) is 6.04 Å². The highest BCUT2D eigenvalue weighted by Gasteiger charge is 2.20. The minimum Gasteiger partial charge on any atom is -0.375 e. The maximum absolute atomic E-state index is 5.88. The van der Waals surface area contributed by atoms with Crippen molar-refractivity contribution < 1.29 is 4.74 Å². The Morgan fingerprint density at radius 3 is 3.11 bits per heavy atom. The van der Waals surface area contributed by atoms with Crippen molar-refractivity contribution in [2.45, 2.75) is 51.8 Å². The standard InChI is InChI=1S/C14H23N3O/c1-11-14-16-8-13(17(14)7-6-15-11)10-18-9-12-4-2-3-5-12/h8,11-12,15H,2-7,9-10H2,1H3/t11-/m1/s1. The van der Waals surface area contributed by atoms with Crippen molar-refractivity contribution in [1.29, 1.82) is 0 Å². The number of imidazole rings is 1. The molecule has 1 aliphatic carbocycles. The number of ether oxygens (including phenoxy) is 1. The Hall–Kier alpha value is -0.870. The third-order valence-electron chi connectivity index (χ3n) is 4.22. The summed E-state index contributed by atoms with van der Waals surface area (Å²) in [6.45, 7) is 5.85. The van der Waals surface area contributed by atoms with E-state index in [2.05, 4.69) is 21.8 Å². The van der Waals surface area contributed by atoms with Crippen LogP contribution >= 0.6 is 0 Å². The van der Waals surface area contributed by atoms with Crippen molar-refractivity contribution in [3.63, 3.8) is 0 Å². The zero-order valence-electron chi connectivity index (χ0n) is 11.2. The molecule has 1 aromatic rings. The zero-order chi connectivity index (χ0) is 12.4. The quantitative estimate of drug-likeness (QED) is 0.889. The van der Waals surface area contributed by atoms with Gasteiger partial charge in [-0.1, -0.05) is 12.8 Å². The lowest BCUT2D eigenvalue weighted by molar-refractivity contribution is 0.0842. The van der Waals surface area contributed by atoms with Gasteiger partial charge in [0.05, 0.1) is 24.5 Å². The van der Waals surface area contributed by atoms with Crippen LogP contribution in [0.25, 0.3) is 0 Å². The van der Waals surface area contributed by atoms with Crippen molar-refractivity contribution in [1.82, 2.24) is 14.9 Å². The van der Waals surface area contributed by atoms with E-state index in [0.717, 1.165) is 38.0 Å². The van der Waals surface area contributed by atoms with Crippen LogP contribution in [0.4, 0.5) is 0 Å². The largest absolute Gasteiger partial charge is 0.375 e. The van der Waals surface area contributed by atoms with Crippen LogP contribution in [0.3, 0.4) is 0 Å². The third-order valence-corrected chi connectivity index (χ3v) is 4.22. The highest BCUT2D eigenvalue weighted by molar-refractivity contribution is 5.09. The van der Waals surface area contributed by atoms with E-state index in [1.807, 2.05) is 6.20 Å². The van der Waals surface area contributed by atoms with Gasteiger partial charge in [-0.15, -0.1) is 0 Å². The lowest BCUT2D eigenvalue weighted by atomic mass is 10.1. The predicted molar refractivity (Wildman–Crippen MR) is 70.3 cm³/mol. The van der Waals surface area contributed by atoms with Gasteiger partial charge in [0.2, 0.25) is 0 Å². The number of nitrogens with zero attached hydrogens (tertiary/aromatic N) is 2. The van der Waals surface area contributed by atoms with Gasteiger partial charge >= 0.3 is 0 Å². The van der Waals surface area contributed by atoms with E-state index in [1.165, 1.54) is 31.4 Å². The van der Waals surface area contributed by atoms with Crippen LogP contribution in [0.2, 0.25) is 0 Å². The molecule has 0 aromatic carbocycles. The van der Waals surface area contributed by atoms with Crippen LogP contribution in [-0.4, -0.2) is 22.7 Å². The highest BCUT2D eigenvalue weighted by atomic mass is 16.5. The van der Waals surface area contributed by atoms with Gasteiger partial charge in [0.25, 0.3) is 0 Å². The molecule has 0 spiro atoms. The van der Waals surface area contributed by atoms with Gasteiger partial charge in [0, 0.05) is 19.7 Å². The molecule has 0 bridgehead atoms. The van der Waals surface area contributed by atoms with Crippen LogP contribution in [0, 0.1) is 5.92 Å². The van der Waals surface area contributed by atoms with E-state index in [9.17, 15) is 0 Å². The minimum absolute atomic E-state index is 0.363. The number of nitrogens with one attached hydrogen (secondary N) is 1. The molecule has 1 atom stereocenters. The Bertz CT molecular complexity index is 396. The first-order chi connectivity index (χ1) is 8.84. The summed E-state index contributed by atoms with van der Waals surface area (Å²) in [6.07, 6.45) is 7.46. The van der Waals surface area contributed by atoms with E-state index in [4.69, 9.17) is 4.74 Å². The molecule has 0 unspecified atom stereocenters. The third kappa shape index (κ3) is 2.45. The molecular formula is C14H23N3O. The summed E-state index contributed by atoms with van der Waals surface area (Å²) in [4.78, 5) is 4.51. The zero-order valence-corrected chi connectivity index (χ0v) is 11.2. The number of aromatic nitrogens is 2. The van der Waals surface area contributed by atoms with Crippen LogP contribution in [0.1, 0.15) is 50.2 Å². The first-order valence-electron chi connectivity index (χ1n) is 7.20. The molecule has 1 aromatic heterocycles. The summed E-state index contributed by atoms with van der Waals surface area (Å²) < 4.78 is 8.20. The molecular weight excluding hydrogens is 226 g/mol. The van der Waals surface area contributed by atoms with E-state index in [1.54, 1.807) is 0 Å². The molecule has 1 fully saturated rings. The molecule has 4 heteroatoms. The van der Waals surface area contributed by atoms with Crippen molar-refractivity contribution in [2.24, 2.45) is 5.92 Å². The number of rotatable bonds is 4. The Morgan fingerprint density at radius 2 is 2.28 bits per heavy atom. The fourth-order valence-electron chi connectivity index (χ4n) is 3.14. The van der Waals surface area contributed by atoms with Crippen LogP contribution < -0.4 is 5.32 Å². The van der Waals surface area contributed by atoms with Gasteiger partial charge in [-0.05, 0) is 25.7 Å². The lowest BCUT2D eigenvalue weighted by Crippen LogP contribution is -2.32. The topological polar surface area (TPSA) is 39.1 Å². The smallest absolute Gasteiger partial charge is 0.125 e. The number of hydrogen-bond donors (Lipinski definition) is 1. The number of hydrogen-bond acceptors (Lipinski definition) is 3. The molecule has 2 heterocycles. The van der Waals surface area contributed by atoms with E-state index in [-0.39, 0.29) is 0 Å². The maximum atomic E-state index is 5.88. The molecule has 0 amide bonds. The molecule has 3 rings (SSSR count). The SMILES string of the molecule is C[C@H]1NCCn2c(COCC3CCCC3)cnc21. The van der Waals surface area contributed by atoms with Gasteiger partial charge in [0.1, 0.15) is 5.82 Å². The molecule has 2 aliphatic rings. The maximum Gasteiger partial charge on any atom is 0.125 e. The first kappa shape index (κ1) is 12.2. The second-order valence-corrected chi connectivity index (χ2v) is 5.60. The summed E-state index contributed by atoms with van der Waals surface area (Å²) in [7, 11) is 0. The molecule has 1 saturated carbocycles. The van der Waals surface area contributed by atoms with Gasteiger partial charge in [0.15, 0.2) is 0 Å². The predicted octanol–water partition coefficient (Wildman–Crippen LogP) is 2.25. The summed E-state index contributed by atoms with van der Waals surface area (Å²) in [6, 6.07) is 0.363. The Labute approximate surface area is 109 Å². The summed E-state index contributed by atoms with van der Waals surface area (Å²) in [5.41, 5.74) is 1.23. The Morgan fingerprint density at radius 1 is 1.44 bits per heavy atom. The molecule has 100 valence electrons. The Kier molecular flexibility index (Phi) is 3.66. The molecule has 0 saturated heterocycles. The average Bonchev–Trinajstić information content (AvgIpc) is 3.00. The fraction of sp³-hybridized carbons (Fsp3) is 0.786.